The highest BCUT2D eigenvalue weighted by atomic mass is 19.4. The predicted octanol–water partition coefficient (Wildman–Crippen LogP) is 2.01. The van der Waals surface area contributed by atoms with Crippen molar-refractivity contribution in [2.24, 2.45) is 12.8 Å². The van der Waals surface area contributed by atoms with Crippen molar-refractivity contribution in [2.45, 2.75) is 39.4 Å². The van der Waals surface area contributed by atoms with Crippen LogP contribution in [0.5, 0.6) is 0 Å². The van der Waals surface area contributed by atoms with Gasteiger partial charge in [0, 0.05) is 18.7 Å². The lowest BCUT2D eigenvalue weighted by Crippen LogP contribution is -2.40. The van der Waals surface area contributed by atoms with Crippen LogP contribution in [-0.4, -0.2) is 35.1 Å². The second-order valence-electron chi connectivity index (χ2n) is 4.89. The number of hydrogen-bond acceptors (Lipinski definition) is 3. The maximum absolute atomic E-state index is 12.7. The van der Waals surface area contributed by atoms with Gasteiger partial charge < -0.3 is 10.6 Å². The van der Waals surface area contributed by atoms with Gasteiger partial charge in [-0.25, -0.2) is 0 Å². The summed E-state index contributed by atoms with van der Waals surface area (Å²) >= 11 is 0. The molecule has 0 bridgehead atoms. The largest absolute Gasteiger partial charge is 0.405 e. The molecule has 4 nitrogen and oxygen atoms in total. The van der Waals surface area contributed by atoms with Crippen LogP contribution in [0.1, 0.15) is 25.1 Å². The molecule has 0 aliphatic carbocycles. The van der Waals surface area contributed by atoms with Crippen molar-refractivity contribution >= 4 is 5.82 Å². The number of nitrogens with zero attached hydrogens (tertiary/aromatic N) is 3. The Morgan fingerprint density at radius 2 is 1.95 bits per heavy atom. The van der Waals surface area contributed by atoms with Crippen LogP contribution in [-0.2, 0) is 13.5 Å². The van der Waals surface area contributed by atoms with Gasteiger partial charge in [0.2, 0.25) is 0 Å². The van der Waals surface area contributed by atoms with Gasteiger partial charge in [-0.2, -0.15) is 18.3 Å². The fourth-order valence-corrected chi connectivity index (χ4v) is 2.18. The van der Waals surface area contributed by atoms with Crippen molar-refractivity contribution in [3.05, 3.63) is 11.3 Å². The molecule has 0 aromatic carbocycles. The van der Waals surface area contributed by atoms with Gasteiger partial charge in [0.15, 0.2) is 0 Å². The van der Waals surface area contributed by atoms with Crippen molar-refractivity contribution < 1.29 is 13.2 Å². The number of anilines is 1. The van der Waals surface area contributed by atoms with Crippen LogP contribution in [0.2, 0.25) is 0 Å². The third-order valence-electron chi connectivity index (χ3n) is 2.95. The summed E-state index contributed by atoms with van der Waals surface area (Å²) in [5.41, 5.74) is 7.06. The van der Waals surface area contributed by atoms with E-state index in [0.717, 1.165) is 11.3 Å². The van der Waals surface area contributed by atoms with Gasteiger partial charge >= 0.3 is 6.18 Å². The van der Waals surface area contributed by atoms with Crippen molar-refractivity contribution in [2.75, 3.05) is 18.0 Å². The van der Waals surface area contributed by atoms with Gasteiger partial charge in [-0.15, -0.1) is 0 Å². The topological polar surface area (TPSA) is 47.1 Å². The molecule has 7 heteroatoms. The molecule has 2 N–H and O–H groups in total. The predicted molar refractivity (Wildman–Crippen MR) is 69.2 cm³/mol. The third-order valence-corrected chi connectivity index (χ3v) is 2.95. The van der Waals surface area contributed by atoms with Crippen molar-refractivity contribution in [1.82, 2.24) is 9.78 Å². The number of rotatable bonds is 5. The minimum absolute atomic E-state index is 0.270. The molecule has 0 saturated heterocycles. The monoisotopic (exact) mass is 278 g/mol. The molecule has 0 aliphatic heterocycles. The average Bonchev–Trinajstić information content (AvgIpc) is 2.50. The van der Waals surface area contributed by atoms with Gasteiger partial charge in [-0.1, -0.05) is 0 Å². The van der Waals surface area contributed by atoms with Gasteiger partial charge in [-0.3, -0.25) is 4.68 Å². The molecule has 0 atom stereocenters. The number of aryl methyl sites for hydroxylation is 2. The number of halogens is 3. The van der Waals surface area contributed by atoms with E-state index in [1.165, 1.54) is 9.58 Å². The quantitative estimate of drug-likeness (QED) is 0.896. The second kappa shape index (κ2) is 5.81. The molecule has 19 heavy (non-hydrogen) atoms. The van der Waals surface area contributed by atoms with Crippen LogP contribution in [0.4, 0.5) is 19.0 Å². The molecule has 0 saturated carbocycles. The molecular weight excluding hydrogens is 257 g/mol. The first-order valence-corrected chi connectivity index (χ1v) is 6.23. The highest BCUT2D eigenvalue weighted by Crippen LogP contribution is 2.28. The number of aromatic nitrogens is 2. The lowest BCUT2D eigenvalue weighted by molar-refractivity contribution is -0.120. The molecule has 0 aliphatic rings. The zero-order valence-corrected chi connectivity index (χ0v) is 11.8. The van der Waals surface area contributed by atoms with Crippen molar-refractivity contribution in [3.63, 3.8) is 0 Å². The van der Waals surface area contributed by atoms with E-state index in [1.807, 2.05) is 0 Å². The van der Waals surface area contributed by atoms with Crippen LogP contribution in [0.3, 0.4) is 0 Å². The molecule has 1 aromatic heterocycles. The molecule has 110 valence electrons. The molecule has 0 amide bonds. The molecule has 0 fully saturated rings. The van der Waals surface area contributed by atoms with Gasteiger partial charge in [0.05, 0.1) is 5.69 Å². The summed E-state index contributed by atoms with van der Waals surface area (Å²) in [5.74, 6) is 0.510. The fourth-order valence-electron chi connectivity index (χ4n) is 2.18. The second-order valence-corrected chi connectivity index (χ2v) is 4.89. The van der Waals surface area contributed by atoms with E-state index in [4.69, 9.17) is 5.73 Å². The summed E-state index contributed by atoms with van der Waals surface area (Å²) in [7, 11) is 1.66. The van der Waals surface area contributed by atoms with Crippen LogP contribution >= 0.6 is 0 Å². The third kappa shape index (κ3) is 3.86. The maximum atomic E-state index is 12.7. The Balaban J connectivity index is 3.22. The maximum Gasteiger partial charge on any atom is 0.405 e. The smallest absolute Gasteiger partial charge is 0.345 e. The molecule has 0 spiro atoms. The number of alkyl halides is 3. The molecule has 1 heterocycles. The van der Waals surface area contributed by atoms with Gasteiger partial charge in [0.25, 0.3) is 0 Å². The standard InChI is InChI=1S/C12H21F3N4/c1-8(2)19(7-12(13,14)15)11-10(5-6-16)9(3)17-18(11)4/h8H,5-7,16H2,1-4H3. The highest BCUT2D eigenvalue weighted by Gasteiger charge is 2.34. The first-order chi connectivity index (χ1) is 8.67. The molecular formula is C12H21F3N4. The Morgan fingerprint density at radius 1 is 1.37 bits per heavy atom. The van der Waals surface area contributed by atoms with Gasteiger partial charge in [0.1, 0.15) is 12.4 Å². The Morgan fingerprint density at radius 3 is 2.37 bits per heavy atom. The summed E-state index contributed by atoms with van der Waals surface area (Å²) in [4.78, 5) is 1.32. The number of nitrogens with two attached hydrogens (primary N) is 1. The van der Waals surface area contributed by atoms with Crippen LogP contribution in [0.15, 0.2) is 0 Å². The van der Waals surface area contributed by atoms with E-state index in [1.54, 1.807) is 27.8 Å². The zero-order chi connectivity index (χ0) is 14.8. The Bertz CT molecular complexity index is 423. The first-order valence-electron chi connectivity index (χ1n) is 6.23. The van der Waals surface area contributed by atoms with E-state index < -0.39 is 12.7 Å². The highest BCUT2D eigenvalue weighted by molar-refractivity contribution is 5.51. The van der Waals surface area contributed by atoms with Crippen LogP contribution in [0.25, 0.3) is 0 Å². The zero-order valence-electron chi connectivity index (χ0n) is 11.8. The summed E-state index contributed by atoms with van der Waals surface area (Å²) in [6.45, 7) is 4.67. The van der Waals surface area contributed by atoms with Gasteiger partial charge in [-0.05, 0) is 33.7 Å². The van der Waals surface area contributed by atoms with Crippen LogP contribution < -0.4 is 10.6 Å². The van der Waals surface area contributed by atoms with E-state index >= 15 is 0 Å². The van der Waals surface area contributed by atoms with E-state index in [2.05, 4.69) is 5.10 Å². The van der Waals surface area contributed by atoms with E-state index in [0.29, 0.717) is 18.8 Å². The molecule has 0 radical (unpaired) electrons. The minimum atomic E-state index is -4.25. The normalized spacial score (nSPS) is 12.3. The summed E-state index contributed by atoms with van der Waals surface area (Å²) < 4.78 is 39.6. The lowest BCUT2D eigenvalue weighted by atomic mass is 10.1. The SMILES string of the molecule is Cc1nn(C)c(N(CC(F)(F)F)C(C)C)c1CCN. The fraction of sp³-hybridized carbons (Fsp3) is 0.750. The summed E-state index contributed by atoms with van der Waals surface area (Å²) in [6.07, 6.45) is -3.72. The Hall–Kier alpha value is -1.24. The first kappa shape index (κ1) is 15.8. The lowest BCUT2D eigenvalue weighted by Gasteiger charge is -2.30. The molecule has 0 unspecified atom stereocenters. The summed E-state index contributed by atoms with van der Waals surface area (Å²) in [6, 6.07) is -0.270. The average molecular weight is 278 g/mol. The van der Waals surface area contributed by atoms with Crippen LogP contribution in [0, 0.1) is 6.92 Å². The Kier molecular flexibility index (Phi) is 4.84. The van der Waals surface area contributed by atoms with Crippen molar-refractivity contribution in [1.29, 1.82) is 0 Å². The Labute approximate surface area is 111 Å². The minimum Gasteiger partial charge on any atom is -0.345 e. The summed E-state index contributed by atoms with van der Waals surface area (Å²) in [5, 5.41) is 4.22. The number of hydrogen-bond donors (Lipinski definition) is 1. The van der Waals surface area contributed by atoms with E-state index in [9.17, 15) is 13.2 Å². The van der Waals surface area contributed by atoms with Crippen molar-refractivity contribution in [3.8, 4) is 0 Å². The van der Waals surface area contributed by atoms with E-state index in [-0.39, 0.29) is 6.04 Å². The molecule has 1 aromatic rings. The molecule has 1 rings (SSSR count).